The number of amides is 3. The minimum absolute atomic E-state index is 0.0674. The van der Waals surface area contributed by atoms with Crippen molar-refractivity contribution < 1.29 is 19.5 Å². The van der Waals surface area contributed by atoms with Gasteiger partial charge in [-0.05, 0) is 66.1 Å². The highest BCUT2D eigenvalue weighted by Gasteiger charge is 2.58. The highest BCUT2D eigenvalue weighted by Crippen LogP contribution is 2.42. The minimum atomic E-state index is -0.953. The molecule has 0 spiro atoms. The number of carbonyl (C=O) groups excluding carboxylic acids is 2. The third kappa shape index (κ3) is 4.83. The first kappa shape index (κ1) is 25.3. The summed E-state index contributed by atoms with van der Waals surface area (Å²) in [5.41, 5.74) is 3.32. The Bertz CT molecular complexity index is 1350. The number of benzene rings is 3. The number of nitrogens with zero attached hydrogens (tertiary/aromatic N) is 2. The van der Waals surface area contributed by atoms with Gasteiger partial charge in [0.25, 0.3) is 5.91 Å². The van der Waals surface area contributed by atoms with Gasteiger partial charge in [-0.25, -0.2) is 9.69 Å². The van der Waals surface area contributed by atoms with Gasteiger partial charge in [-0.2, -0.15) is 0 Å². The van der Waals surface area contributed by atoms with E-state index in [0.717, 1.165) is 35.1 Å². The van der Waals surface area contributed by atoms with Gasteiger partial charge in [0.1, 0.15) is 5.54 Å². The summed E-state index contributed by atoms with van der Waals surface area (Å²) in [5, 5.41) is 9.81. The molecule has 2 fully saturated rings. The Morgan fingerprint density at radius 2 is 1.65 bits per heavy atom. The first-order valence-corrected chi connectivity index (χ1v) is 13.1. The van der Waals surface area contributed by atoms with Crippen molar-refractivity contribution in [2.24, 2.45) is 0 Å². The smallest absolute Gasteiger partial charge is 0.332 e. The minimum Gasteiger partial charge on any atom is -0.481 e. The van der Waals surface area contributed by atoms with Gasteiger partial charge in [0, 0.05) is 29.4 Å². The molecule has 3 aromatic carbocycles. The van der Waals surface area contributed by atoms with E-state index in [2.05, 4.69) is 0 Å². The molecule has 2 aliphatic heterocycles. The van der Waals surface area contributed by atoms with Crippen LogP contribution in [0.2, 0.25) is 10.0 Å². The third-order valence-electron chi connectivity index (χ3n) is 7.25. The van der Waals surface area contributed by atoms with Gasteiger partial charge in [0.15, 0.2) is 0 Å². The predicted molar refractivity (Wildman–Crippen MR) is 144 cm³/mol. The zero-order chi connectivity index (χ0) is 26.2. The van der Waals surface area contributed by atoms with Gasteiger partial charge in [-0.3, -0.25) is 9.59 Å². The number of fused-ring (bicyclic) bond motifs is 1. The van der Waals surface area contributed by atoms with Crippen LogP contribution in [-0.2, 0) is 22.4 Å². The summed E-state index contributed by atoms with van der Waals surface area (Å²) in [6.45, 7) is 0.518. The van der Waals surface area contributed by atoms with Crippen LogP contribution < -0.4 is 4.90 Å². The molecule has 190 valence electrons. The normalized spacial score (nSPS) is 19.3. The molecule has 3 amide bonds. The molecule has 8 heteroatoms. The number of rotatable bonds is 7. The van der Waals surface area contributed by atoms with E-state index in [1.807, 2.05) is 48.5 Å². The summed E-state index contributed by atoms with van der Waals surface area (Å²) in [6, 6.07) is 20.2. The fourth-order valence-corrected chi connectivity index (χ4v) is 6.02. The number of aryl methyl sites for hydroxylation is 1. The Morgan fingerprint density at radius 1 is 0.946 bits per heavy atom. The molecule has 2 saturated heterocycles. The van der Waals surface area contributed by atoms with E-state index in [1.165, 1.54) is 4.90 Å². The van der Waals surface area contributed by atoms with Crippen LogP contribution in [0.4, 0.5) is 10.5 Å². The largest absolute Gasteiger partial charge is 0.481 e. The second-order valence-electron chi connectivity index (χ2n) is 9.62. The van der Waals surface area contributed by atoms with Gasteiger partial charge in [-0.1, -0.05) is 71.7 Å². The van der Waals surface area contributed by atoms with Gasteiger partial charge < -0.3 is 10.0 Å². The summed E-state index contributed by atoms with van der Waals surface area (Å²) < 4.78 is 0. The average molecular weight is 537 g/mol. The first-order valence-electron chi connectivity index (χ1n) is 12.3. The second-order valence-corrected chi connectivity index (χ2v) is 10.5. The summed E-state index contributed by atoms with van der Waals surface area (Å²) in [4.78, 5) is 41.3. The maximum Gasteiger partial charge on any atom is 0.332 e. The molecule has 2 aliphatic rings. The number of halogens is 2. The molecular formula is C29H26Cl2N2O4. The number of hydrogen-bond donors (Lipinski definition) is 1. The number of hydrogen-bond acceptors (Lipinski definition) is 3. The molecule has 1 atom stereocenters. The van der Waals surface area contributed by atoms with Gasteiger partial charge in [-0.15, -0.1) is 0 Å². The number of urea groups is 1. The number of carboxylic acids is 1. The highest BCUT2D eigenvalue weighted by atomic mass is 35.5. The molecule has 0 aromatic heterocycles. The molecule has 37 heavy (non-hydrogen) atoms. The SMILES string of the molecule is O=C(O)CCc1ccccc1-c1ccc(CC23CCCCN2C(=O)N(c2cc(Cl)cc(Cl)c2)C3=O)cc1. The van der Waals surface area contributed by atoms with Gasteiger partial charge >= 0.3 is 12.0 Å². The summed E-state index contributed by atoms with van der Waals surface area (Å²) >= 11 is 12.4. The second kappa shape index (κ2) is 10.2. The fraction of sp³-hybridized carbons (Fsp3) is 0.276. The summed E-state index contributed by atoms with van der Waals surface area (Å²) in [7, 11) is 0. The molecule has 5 rings (SSSR count). The molecule has 2 heterocycles. The van der Waals surface area contributed by atoms with Crippen molar-refractivity contribution in [2.75, 3.05) is 11.4 Å². The van der Waals surface area contributed by atoms with Crippen molar-refractivity contribution >= 4 is 46.8 Å². The number of carboxylic acid groups (broad SMARTS) is 1. The van der Waals surface area contributed by atoms with Crippen molar-refractivity contribution in [1.82, 2.24) is 4.90 Å². The lowest BCUT2D eigenvalue weighted by atomic mass is 9.81. The fourth-order valence-electron chi connectivity index (χ4n) is 5.51. The van der Waals surface area contributed by atoms with Crippen LogP contribution in [0.3, 0.4) is 0 Å². The average Bonchev–Trinajstić information content (AvgIpc) is 3.09. The maximum atomic E-state index is 13.9. The van der Waals surface area contributed by atoms with Crippen LogP contribution >= 0.6 is 23.2 Å². The van der Waals surface area contributed by atoms with Crippen molar-refractivity contribution in [2.45, 2.75) is 44.1 Å². The summed E-state index contributed by atoms with van der Waals surface area (Å²) in [5.74, 6) is -1.08. The number of anilines is 1. The van der Waals surface area contributed by atoms with Crippen LogP contribution in [0.1, 0.15) is 36.8 Å². The van der Waals surface area contributed by atoms with Gasteiger partial charge in [0.2, 0.25) is 0 Å². The maximum absolute atomic E-state index is 13.9. The lowest BCUT2D eigenvalue weighted by Crippen LogP contribution is -2.54. The van der Waals surface area contributed by atoms with Crippen molar-refractivity contribution in [1.29, 1.82) is 0 Å². The zero-order valence-corrected chi connectivity index (χ0v) is 21.6. The van der Waals surface area contributed by atoms with Crippen LogP contribution in [0.15, 0.2) is 66.7 Å². The van der Waals surface area contributed by atoms with Crippen molar-refractivity contribution in [3.8, 4) is 11.1 Å². The Kier molecular flexibility index (Phi) is 6.97. The van der Waals surface area contributed by atoms with Gasteiger partial charge in [0.05, 0.1) is 5.69 Å². The lowest BCUT2D eigenvalue weighted by molar-refractivity contribution is -0.137. The van der Waals surface area contributed by atoms with E-state index in [4.69, 9.17) is 28.3 Å². The van der Waals surface area contributed by atoms with E-state index < -0.39 is 11.5 Å². The van der Waals surface area contributed by atoms with E-state index in [0.29, 0.717) is 41.5 Å². The van der Waals surface area contributed by atoms with Crippen LogP contribution in [-0.4, -0.2) is 40.0 Å². The highest BCUT2D eigenvalue weighted by molar-refractivity contribution is 6.35. The van der Waals surface area contributed by atoms with Crippen LogP contribution in [0.5, 0.6) is 0 Å². The van der Waals surface area contributed by atoms with E-state index in [1.54, 1.807) is 23.1 Å². The quantitative estimate of drug-likeness (QED) is 0.344. The Balaban J connectivity index is 1.44. The van der Waals surface area contributed by atoms with E-state index in [9.17, 15) is 14.4 Å². The van der Waals surface area contributed by atoms with Crippen LogP contribution in [0, 0.1) is 0 Å². The number of carbonyl (C=O) groups is 3. The molecule has 1 N–H and O–H groups in total. The Hall–Kier alpha value is -3.35. The molecule has 1 unspecified atom stereocenters. The molecular weight excluding hydrogens is 511 g/mol. The van der Waals surface area contributed by atoms with Crippen molar-refractivity contribution in [3.63, 3.8) is 0 Å². The summed E-state index contributed by atoms with van der Waals surface area (Å²) in [6.07, 6.45) is 3.21. The van der Waals surface area contributed by atoms with Crippen molar-refractivity contribution in [3.05, 3.63) is 87.9 Å². The Morgan fingerprint density at radius 3 is 2.35 bits per heavy atom. The standard InChI is InChI=1S/C29H26Cl2N2O4/c30-22-15-23(31)17-24(16-22)33-27(36)29(13-3-4-14-32(29)28(33)37)18-19-7-9-21(10-8-19)25-6-2-1-5-20(25)11-12-26(34)35/h1-2,5-10,15-17H,3-4,11-14,18H2,(H,34,35). The third-order valence-corrected chi connectivity index (χ3v) is 7.69. The van der Waals surface area contributed by atoms with Crippen LogP contribution in [0.25, 0.3) is 11.1 Å². The Labute approximate surface area is 225 Å². The number of piperidine rings is 1. The first-order chi connectivity index (χ1) is 17.8. The molecule has 0 saturated carbocycles. The topological polar surface area (TPSA) is 77.9 Å². The molecule has 6 nitrogen and oxygen atoms in total. The monoisotopic (exact) mass is 536 g/mol. The molecule has 0 bridgehead atoms. The van der Waals surface area contributed by atoms with E-state index in [-0.39, 0.29) is 18.4 Å². The molecule has 0 radical (unpaired) electrons. The zero-order valence-electron chi connectivity index (χ0n) is 20.1. The molecule has 0 aliphatic carbocycles. The lowest BCUT2D eigenvalue weighted by Gasteiger charge is -2.39. The van der Waals surface area contributed by atoms with E-state index >= 15 is 0 Å². The molecule has 3 aromatic rings. The number of aliphatic carboxylic acids is 1. The number of imide groups is 1. The predicted octanol–water partition coefficient (Wildman–Crippen LogP) is 6.61.